The average molecular weight is 596 g/mol. The van der Waals surface area contributed by atoms with Gasteiger partial charge in [-0.3, -0.25) is 0 Å². The number of ether oxygens (including phenoxy) is 2. The van der Waals surface area contributed by atoms with Crippen molar-refractivity contribution in [2.75, 3.05) is 4.90 Å². The standard InChI is InChI=1S/C43H33NO2/c1-4-14-30(15-5-1)43(31-16-6-2-7-17-31)37-21-11-10-20-35(37)36-26-24-33(28-38(36)43)44(32-18-8-3-9-19-32)34-25-27-41-42(29-34)46-40-23-13-12-22-39(40)45-41/h1-9,11,13-19,21,23-29H,10,12,20,22H2. The Balaban J connectivity index is 1.25. The molecule has 5 aromatic carbocycles. The van der Waals surface area contributed by atoms with Gasteiger partial charge in [0.15, 0.2) is 17.3 Å². The molecule has 0 saturated heterocycles. The zero-order valence-corrected chi connectivity index (χ0v) is 25.5. The second kappa shape index (κ2) is 10.8. The maximum Gasteiger partial charge on any atom is 0.172 e. The van der Waals surface area contributed by atoms with Gasteiger partial charge in [-0.1, -0.05) is 103 Å². The second-order valence-corrected chi connectivity index (χ2v) is 12.3. The SMILES string of the molecule is C1=CC2=C(CC1)Oc1ccc(N(c3ccccc3)c3ccc4c(c3)C(c3ccccc3)(c3ccccc3)C3=C4CCC=C3)cc1O2. The van der Waals surface area contributed by atoms with Gasteiger partial charge in [0, 0.05) is 23.9 Å². The van der Waals surface area contributed by atoms with Crippen molar-refractivity contribution in [1.82, 2.24) is 0 Å². The van der Waals surface area contributed by atoms with Crippen LogP contribution >= 0.6 is 0 Å². The molecule has 0 amide bonds. The van der Waals surface area contributed by atoms with Gasteiger partial charge in [-0.25, -0.2) is 0 Å². The molecule has 0 bridgehead atoms. The van der Waals surface area contributed by atoms with Gasteiger partial charge in [0.2, 0.25) is 0 Å². The molecule has 0 saturated carbocycles. The number of anilines is 3. The molecule has 0 unspecified atom stereocenters. The molecule has 3 aliphatic carbocycles. The Kier molecular flexibility index (Phi) is 6.31. The highest BCUT2D eigenvalue weighted by molar-refractivity contribution is 5.90. The third-order valence-electron chi connectivity index (χ3n) is 9.71. The molecule has 1 aliphatic heterocycles. The van der Waals surface area contributed by atoms with Gasteiger partial charge in [0.05, 0.1) is 11.1 Å². The third kappa shape index (κ3) is 4.12. The molecule has 0 radical (unpaired) electrons. The van der Waals surface area contributed by atoms with E-state index in [1.807, 2.05) is 12.1 Å². The minimum atomic E-state index is -0.425. The lowest BCUT2D eigenvalue weighted by molar-refractivity contribution is 0.290. The van der Waals surface area contributed by atoms with E-state index >= 15 is 0 Å². The number of rotatable bonds is 5. The summed E-state index contributed by atoms with van der Waals surface area (Å²) in [6.45, 7) is 0. The van der Waals surface area contributed by atoms with Crippen LogP contribution in [0.1, 0.15) is 47.9 Å². The van der Waals surface area contributed by atoms with E-state index in [0.717, 1.165) is 65.8 Å². The van der Waals surface area contributed by atoms with Gasteiger partial charge in [-0.2, -0.15) is 0 Å². The van der Waals surface area contributed by atoms with Crippen molar-refractivity contribution in [1.29, 1.82) is 0 Å². The Morgan fingerprint density at radius 2 is 1.20 bits per heavy atom. The molecule has 0 fully saturated rings. The fourth-order valence-electron chi connectivity index (χ4n) is 7.74. The lowest BCUT2D eigenvalue weighted by atomic mass is 9.66. The molecule has 1 heterocycles. The van der Waals surface area contributed by atoms with Crippen LogP contribution in [-0.4, -0.2) is 0 Å². The lowest BCUT2D eigenvalue weighted by Gasteiger charge is -2.36. The fraction of sp³-hybridized carbons (Fsp3) is 0.116. The molecule has 0 spiro atoms. The Morgan fingerprint density at radius 1 is 0.543 bits per heavy atom. The molecule has 46 heavy (non-hydrogen) atoms. The molecule has 3 heteroatoms. The summed E-state index contributed by atoms with van der Waals surface area (Å²) in [4.78, 5) is 2.33. The van der Waals surface area contributed by atoms with E-state index in [1.54, 1.807) is 0 Å². The number of allylic oxidation sites excluding steroid dienone is 7. The number of hydrogen-bond acceptors (Lipinski definition) is 3. The summed E-state index contributed by atoms with van der Waals surface area (Å²) in [5.41, 5.74) is 10.8. The van der Waals surface area contributed by atoms with Gasteiger partial charge in [0.25, 0.3) is 0 Å². The van der Waals surface area contributed by atoms with Crippen LogP contribution in [0.2, 0.25) is 0 Å². The maximum atomic E-state index is 6.41. The van der Waals surface area contributed by atoms with Crippen LogP contribution in [0.25, 0.3) is 5.57 Å². The van der Waals surface area contributed by atoms with E-state index in [-0.39, 0.29) is 0 Å². The molecular formula is C43H33NO2. The molecule has 3 nitrogen and oxygen atoms in total. The van der Waals surface area contributed by atoms with Crippen LogP contribution in [0.5, 0.6) is 11.5 Å². The van der Waals surface area contributed by atoms with Gasteiger partial charge in [-0.15, -0.1) is 0 Å². The third-order valence-corrected chi connectivity index (χ3v) is 9.71. The van der Waals surface area contributed by atoms with Crippen molar-refractivity contribution in [3.05, 3.63) is 191 Å². The molecule has 0 aromatic heterocycles. The zero-order valence-electron chi connectivity index (χ0n) is 25.5. The fourth-order valence-corrected chi connectivity index (χ4v) is 7.74. The predicted molar refractivity (Wildman–Crippen MR) is 186 cm³/mol. The Labute approximate surface area is 270 Å². The number of fused-ring (bicyclic) bond motifs is 3. The summed E-state index contributed by atoms with van der Waals surface area (Å²) in [5.74, 6) is 3.20. The van der Waals surface area contributed by atoms with E-state index in [0.29, 0.717) is 0 Å². The van der Waals surface area contributed by atoms with Crippen LogP contribution in [0, 0.1) is 0 Å². The molecule has 9 rings (SSSR count). The largest absolute Gasteiger partial charge is 0.454 e. The van der Waals surface area contributed by atoms with Crippen LogP contribution in [0.15, 0.2) is 169 Å². The summed E-state index contributed by atoms with van der Waals surface area (Å²) in [6.07, 6.45) is 12.8. The van der Waals surface area contributed by atoms with Gasteiger partial charge < -0.3 is 14.4 Å². The minimum Gasteiger partial charge on any atom is -0.454 e. The molecule has 222 valence electrons. The first-order chi connectivity index (χ1) is 22.8. The summed E-state index contributed by atoms with van der Waals surface area (Å²) in [7, 11) is 0. The summed E-state index contributed by atoms with van der Waals surface area (Å²) in [5, 5.41) is 0. The number of hydrogen-bond donors (Lipinski definition) is 0. The molecule has 4 aliphatic rings. The Bertz CT molecular complexity index is 2050. The van der Waals surface area contributed by atoms with Gasteiger partial charge in [0.1, 0.15) is 5.76 Å². The molecule has 0 N–H and O–H groups in total. The number of para-hydroxylation sites is 1. The van der Waals surface area contributed by atoms with Crippen LogP contribution in [-0.2, 0) is 5.41 Å². The van der Waals surface area contributed by atoms with E-state index in [1.165, 1.54) is 33.4 Å². The van der Waals surface area contributed by atoms with Crippen LogP contribution < -0.4 is 14.4 Å². The van der Waals surface area contributed by atoms with Gasteiger partial charge >= 0.3 is 0 Å². The van der Waals surface area contributed by atoms with Crippen molar-refractivity contribution in [3.63, 3.8) is 0 Å². The van der Waals surface area contributed by atoms with Gasteiger partial charge in [-0.05, 0) is 95.1 Å². The van der Waals surface area contributed by atoms with Crippen molar-refractivity contribution in [3.8, 4) is 11.5 Å². The Morgan fingerprint density at radius 3 is 1.96 bits per heavy atom. The summed E-state index contributed by atoms with van der Waals surface area (Å²) >= 11 is 0. The number of benzene rings is 5. The topological polar surface area (TPSA) is 21.7 Å². The first kappa shape index (κ1) is 26.8. The smallest absolute Gasteiger partial charge is 0.172 e. The quantitative estimate of drug-likeness (QED) is 0.202. The van der Waals surface area contributed by atoms with E-state index in [4.69, 9.17) is 9.47 Å². The van der Waals surface area contributed by atoms with Crippen molar-refractivity contribution in [2.24, 2.45) is 0 Å². The minimum absolute atomic E-state index is 0.425. The van der Waals surface area contributed by atoms with Crippen LogP contribution in [0.4, 0.5) is 17.1 Å². The summed E-state index contributed by atoms with van der Waals surface area (Å²) < 4.78 is 12.7. The molecule has 5 aromatic rings. The number of nitrogens with zero attached hydrogens (tertiary/aromatic N) is 1. The zero-order chi connectivity index (χ0) is 30.5. The summed E-state index contributed by atoms with van der Waals surface area (Å²) in [6, 6.07) is 46.0. The van der Waals surface area contributed by atoms with Crippen LogP contribution in [0.3, 0.4) is 0 Å². The second-order valence-electron chi connectivity index (χ2n) is 12.3. The van der Waals surface area contributed by atoms with Crippen molar-refractivity contribution < 1.29 is 9.47 Å². The molecule has 0 atom stereocenters. The van der Waals surface area contributed by atoms with E-state index in [2.05, 4.69) is 144 Å². The predicted octanol–water partition coefficient (Wildman–Crippen LogP) is 10.9. The highest BCUT2D eigenvalue weighted by atomic mass is 16.6. The first-order valence-corrected chi connectivity index (χ1v) is 16.2. The normalized spacial score (nSPS) is 17.0. The maximum absolute atomic E-state index is 6.41. The Hall–Kier alpha value is -5.54. The highest BCUT2D eigenvalue weighted by Gasteiger charge is 2.47. The monoisotopic (exact) mass is 595 g/mol. The molecular weight excluding hydrogens is 562 g/mol. The average Bonchev–Trinajstić information content (AvgIpc) is 3.42. The first-order valence-electron chi connectivity index (χ1n) is 16.2. The highest BCUT2D eigenvalue weighted by Crippen LogP contribution is 2.58. The van der Waals surface area contributed by atoms with Crippen molar-refractivity contribution >= 4 is 22.6 Å². The van der Waals surface area contributed by atoms with E-state index < -0.39 is 5.41 Å². The van der Waals surface area contributed by atoms with Crippen molar-refractivity contribution in [2.45, 2.75) is 31.1 Å². The van der Waals surface area contributed by atoms with E-state index in [9.17, 15) is 0 Å². The lowest BCUT2D eigenvalue weighted by Crippen LogP contribution is -2.29.